The maximum absolute atomic E-state index is 13.0. The van der Waals surface area contributed by atoms with Gasteiger partial charge in [-0.1, -0.05) is 23.7 Å². The average Bonchev–Trinajstić information content (AvgIpc) is 2.78. The van der Waals surface area contributed by atoms with Crippen LogP contribution in [-0.4, -0.2) is 21.7 Å². The summed E-state index contributed by atoms with van der Waals surface area (Å²) < 4.78 is 38.9. The predicted molar refractivity (Wildman–Crippen MR) is 114 cm³/mol. The number of benzene rings is 3. The Morgan fingerprint density at radius 3 is 2.31 bits per heavy atom. The fourth-order valence-electron chi connectivity index (χ4n) is 3.08. The molecule has 0 unspecified atom stereocenters. The van der Waals surface area contributed by atoms with Crippen LogP contribution in [0, 0.1) is 0 Å². The fourth-order valence-corrected chi connectivity index (χ4v) is 3.29. The summed E-state index contributed by atoms with van der Waals surface area (Å²) in [4.78, 5) is 33.8. The van der Waals surface area contributed by atoms with Crippen molar-refractivity contribution in [2.75, 3.05) is 5.32 Å². The minimum Gasteiger partial charge on any atom is -0.322 e. The Morgan fingerprint density at radius 2 is 1.56 bits per heavy atom. The molecule has 4 aromatic rings. The molecule has 0 fully saturated rings. The van der Waals surface area contributed by atoms with Crippen molar-refractivity contribution >= 4 is 40.0 Å². The van der Waals surface area contributed by atoms with E-state index in [2.05, 4.69) is 15.3 Å². The molecule has 0 saturated carbocycles. The molecule has 0 aliphatic rings. The second kappa shape index (κ2) is 8.39. The summed E-state index contributed by atoms with van der Waals surface area (Å²) in [7, 11) is 0. The number of hydrogen-bond acceptors (Lipinski definition) is 4. The monoisotopic (exact) mass is 455 g/mol. The molecule has 3 aromatic carbocycles. The Kier molecular flexibility index (Phi) is 5.63. The number of carbonyl (C=O) groups excluding carboxylic acids is 2. The molecule has 0 bridgehead atoms. The summed E-state index contributed by atoms with van der Waals surface area (Å²) in [5.74, 6) is -1.14. The van der Waals surface area contributed by atoms with E-state index in [9.17, 15) is 22.8 Å². The first-order valence-electron chi connectivity index (χ1n) is 9.26. The van der Waals surface area contributed by atoms with Gasteiger partial charge in [-0.05, 0) is 48.5 Å². The van der Waals surface area contributed by atoms with E-state index in [4.69, 9.17) is 11.6 Å². The van der Waals surface area contributed by atoms with Gasteiger partial charge >= 0.3 is 6.18 Å². The third-order valence-corrected chi connectivity index (χ3v) is 4.98. The zero-order valence-electron chi connectivity index (χ0n) is 16.2. The second-order valence-corrected chi connectivity index (χ2v) is 7.22. The van der Waals surface area contributed by atoms with Gasteiger partial charge in [-0.3, -0.25) is 19.6 Å². The minimum atomic E-state index is -4.61. The van der Waals surface area contributed by atoms with E-state index in [-0.39, 0.29) is 27.6 Å². The second-order valence-electron chi connectivity index (χ2n) is 6.82. The van der Waals surface area contributed by atoms with Crippen LogP contribution in [0.3, 0.4) is 0 Å². The molecule has 1 N–H and O–H groups in total. The van der Waals surface area contributed by atoms with Crippen molar-refractivity contribution in [2.24, 2.45) is 0 Å². The van der Waals surface area contributed by atoms with Crippen LogP contribution in [0.4, 0.5) is 18.9 Å². The minimum absolute atomic E-state index is 0.125. The normalized spacial score (nSPS) is 11.4. The summed E-state index contributed by atoms with van der Waals surface area (Å²) in [6, 6.07) is 13.5. The Hall–Kier alpha value is -3.78. The number of fused-ring (bicyclic) bond motifs is 1. The lowest BCUT2D eigenvalue weighted by Crippen LogP contribution is -2.15. The zero-order valence-corrected chi connectivity index (χ0v) is 16.9. The molecule has 1 heterocycles. The first-order chi connectivity index (χ1) is 15.2. The summed E-state index contributed by atoms with van der Waals surface area (Å²) in [5.41, 5.74) is 0.769. The molecule has 9 heteroatoms. The van der Waals surface area contributed by atoms with E-state index in [0.29, 0.717) is 22.7 Å². The number of halogens is 4. The molecule has 0 radical (unpaired) electrons. The number of aromatic nitrogens is 2. The van der Waals surface area contributed by atoms with Gasteiger partial charge in [-0.25, -0.2) is 0 Å². The van der Waals surface area contributed by atoms with Gasteiger partial charge in [0.05, 0.1) is 27.2 Å². The van der Waals surface area contributed by atoms with Gasteiger partial charge in [-0.15, -0.1) is 0 Å². The Bertz CT molecular complexity index is 1360. The van der Waals surface area contributed by atoms with Crippen molar-refractivity contribution in [2.45, 2.75) is 6.18 Å². The molecule has 0 atom stereocenters. The zero-order chi connectivity index (χ0) is 22.9. The largest absolute Gasteiger partial charge is 0.416 e. The van der Waals surface area contributed by atoms with E-state index in [0.717, 1.165) is 12.1 Å². The number of rotatable bonds is 4. The SMILES string of the molecule is O=C(c1cccc(NC(=O)c2cc(C(F)(F)F)ccc2Cl)c1)c1ccc2nccnc2c1. The van der Waals surface area contributed by atoms with E-state index in [1.54, 1.807) is 36.5 Å². The van der Waals surface area contributed by atoms with Crippen LogP contribution in [0.1, 0.15) is 31.8 Å². The van der Waals surface area contributed by atoms with Crippen LogP contribution < -0.4 is 5.32 Å². The van der Waals surface area contributed by atoms with Gasteiger partial charge in [0.2, 0.25) is 0 Å². The lowest BCUT2D eigenvalue weighted by atomic mass is 10.0. The maximum atomic E-state index is 13.0. The van der Waals surface area contributed by atoms with Crippen molar-refractivity contribution < 1.29 is 22.8 Å². The topological polar surface area (TPSA) is 72.0 Å². The number of nitrogens with zero attached hydrogens (tertiary/aromatic N) is 2. The number of amides is 1. The molecule has 5 nitrogen and oxygen atoms in total. The molecule has 0 aliphatic carbocycles. The van der Waals surface area contributed by atoms with Crippen LogP contribution in [0.15, 0.2) is 73.1 Å². The molecule has 1 amide bonds. The summed E-state index contributed by atoms with van der Waals surface area (Å²) in [6.07, 6.45) is -1.55. The third-order valence-electron chi connectivity index (χ3n) is 4.65. The fraction of sp³-hybridized carbons (Fsp3) is 0.0435. The third kappa shape index (κ3) is 4.45. The van der Waals surface area contributed by atoms with E-state index >= 15 is 0 Å². The molecule has 32 heavy (non-hydrogen) atoms. The van der Waals surface area contributed by atoms with Gasteiger partial charge in [0, 0.05) is 29.2 Å². The number of ketones is 1. The molecule has 4 rings (SSSR count). The summed E-state index contributed by atoms with van der Waals surface area (Å²) in [5, 5.41) is 2.36. The number of nitrogens with one attached hydrogen (secondary N) is 1. The lowest BCUT2D eigenvalue weighted by molar-refractivity contribution is -0.137. The van der Waals surface area contributed by atoms with Gasteiger partial charge < -0.3 is 5.32 Å². The van der Waals surface area contributed by atoms with Crippen LogP contribution in [0.5, 0.6) is 0 Å². The molecule has 0 spiro atoms. The number of alkyl halides is 3. The number of hydrogen-bond donors (Lipinski definition) is 1. The molecule has 160 valence electrons. The molecular weight excluding hydrogens is 443 g/mol. The first kappa shape index (κ1) is 21.5. The highest BCUT2D eigenvalue weighted by atomic mass is 35.5. The number of carbonyl (C=O) groups is 2. The highest BCUT2D eigenvalue weighted by molar-refractivity contribution is 6.34. The van der Waals surface area contributed by atoms with Gasteiger partial charge in [0.15, 0.2) is 5.78 Å². The lowest BCUT2D eigenvalue weighted by Gasteiger charge is -2.11. The predicted octanol–water partition coefficient (Wildman–Crippen LogP) is 5.79. The van der Waals surface area contributed by atoms with Crippen molar-refractivity contribution in [1.82, 2.24) is 9.97 Å². The smallest absolute Gasteiger partial charge is 0.322 e. The van der Waals surface area contributed by atoms with E-state index in [1.807, 2.05) is 0 Å². The molecular formula is C23H13ClF3N3O2. The highest BCUT2D eigenvalue weighted by Gasteiger charge is 2.31. The molecule has 1 aromatic heterocycles. The summed E-state index contributed by atoms with van der Waals surface area (Å²) >= 11 is 5.92. The van der Waals surface area contributed by atoms with Crippen molar-refractivity contribution in [1.29, 1.82) is 0 Å². The first-order valence-corrected chi connectivity index (χ1v) is 9.64. The molecule has 0 aliphatic heterocycles. The van der Waals surface area contributed by atoms with Gasteiger partial charge in [0.25, 0.3) is 5.91 Å². The van der Waals surface area contributed by atoms with Crippen molar-refractivity contribution in [3.05, 3.63) is 100 Å². The van der Waals surface area contributed by atoms with Crippen LogP contribution in [0.2, 0.25) is 5.02 Å². The van der Waals surface area contributed by atoms with E-state index < -0.39 is 17.6 Å². The Balaban J connectivity index is 1.59. The van der Waals surface area contributed by atoms with Gasteiger partial charge in [0.1, 0.15) is 0 Å². The van der Waals surface area contributed by atoms with E-state index in [1.165, 1.54) is 18.3 Å². The standard InChI is InChI=1S/C23H13ClF3N3O2/c24-18-6-5-15(23(25,26)27)12-17(18)22(32)30-16-3-1-2-13(10-16)21(31)14-4-7-19-20(11-14)29-9-8-28-19/h1-12H,(H,30,32). The van der Waals surface area contributed by atoms with Crippen LogP contribution in [0.25, 0.3) is 11.0 Å². The highest BCUT2D eigenvalue weighted by Crippen LogP contribution is 2.32. The Morgan fingerprint density at radius 1 is 0.844 bits per heavy atom. The maximum Gasteiger partial charge on any atom is 0.416 e. The quantitative estimate of drug-likeness (QED) is 0.396. The van der Waals surface area contributed by atoms with Crippen LogP contribution in [-0.2, 0) is 6.18 Å². The number of anilines is 1. The summed E-state index contributed by atoms with van der Waals surface area (Å²) in [6.45, 7) is 0. The van der Waals surface area contributed by atoms with Crippen molar-refractivity contribution in [3.63, 3.8) is 0 Å². The average molecular weight is 456 g/mol. The van der Waals surface area contributed by atoms with Crippen molar-refractivity contribution in [3.8, 4) is 0 Å². The molecule has 0 saturated heterocycles. The van der Waals surface area contributed by atoms with Gasteiger partial charge in [-0.2, -0.15) is 13.2 Å². The van der Waals surface area contributed by atoms with Crippen LogP contribution >= 0.6 is 11.6 Å². The Labute approximate surface area is 184 Å².